The van der Waals surface area contributed by atoms with Crippen LogP contribution in [0.3, 0.4) is 0 Å². The van der Waals surface area contributed by atoms with Crippen LogP contribution in [0.1, 0.15) is 33.4 Å². The minimum absolute atomic E-state index is 0.577. The molecule has 7 heteroatoms. The molecule has 0 unspecified atom stereocenters. The zero-order chi connectivity index (χ0) is 50.0. The van der Waals surface area contributed by atoms with Gasteiger partial charge in [-0.2, -0.15) is 5.26 Å². The number of nitrogens with zero attached hydrogens (tertiary/aromatic N) is 4. The second-order valence-corrected chi connectivity index (χ2v) is 25.7. The van der Waals surface area contributed by atoms with E-state index in [1.807, 2.05) is 48.5 Å². The van der Waals surface area contributed by atoms with E-state index in [4.69, 9.17) is 15.4 Å². The minimum Gasteiger partial charge on any atom is -0.455 e. The Kier molecular flexibility index (Phi) is 9.41. The zero-order valence-corrected chi connectivity index (χ0v) is 42.2. The lowest BCUT2D eigenvalue weighted by atomic mass is 9.70. The summed E-state index contributed by atoms with van der Waals surface area (Å²) in [7, 11) is -1.66. The fourth-order valence-electron chi connectivity index (χ4n) is 12.2. The van der Waals surface area contributed by atoms with E-state index < -0.39 is 13.5 Å². The number of furan rings is 2. The van der Waals surface area contributed by atoms with Crippen LogP contribution in [0, 0.1) is 24.8 Å². The summed E-state index contributed by atoms with van der Waals surface area (Å²) in [5.41, 5.74) is 19.3. The number of hydrogen-bond donors (Lipinski definition) is 0. The summed E-state index contributed by atoms with van der Waals surface area (Å²) in [6.07, 6.45) is 0. The second kappa shape index (κ2) is 16.1. The molecule has 350 valence electrons. The fraction of sp³-hybridized carbons (Fsp3) is 0.0746. The molecule has 10 aromatic carbocycles. The van der Waals surface area contributed by atoms with Gasteiger partial charge in [-0.15, -0.1) is 0 Å². The second-order valence-electron chi connectivity index (χ2n) is 20.7. The molecule has 0 N–H and O–H groups in total. The lowest BCUT2D eigenvalue weighted by Crippen LogP contribution is -2.37. The molecule has 12 aromatic rings. The normalized spacial score (nSPS) is 12.9. The average molecular weight is 967 g/mol. The van der Waals surface area contributed by atoms with Crippen LogP contribution in [0.25, 0.3) is 71.0 Å². The van der Waals surface area contributed by atoms with Crippen LogP contribution < -0.4 is 15.0 Å². The Balaban J connectivity index is 1.19. The van der Waals surface area contributed by atoms with Gasteiger partial charge >= 0.3 is 0 Å². The van der Waals surface area contributed by atoms with Crippen LogP contribution in [0.4, 0.5) is 39.8 Å². The number of benzene rings is 10. The highest BCUT2D eigenvalue weighted by Crippen LogP contribution is 2.68. The van der Waals surface area contributed by atoms with E-state index >= 15 is 0 Å². The van der Waals surface area contributed by atoms with Gasteiger partial charge in [0.2, 0.25) is 0 Å². The van der Waals surface area contributed by atoms with Crippen LogP contribution in [-0.2, 0) is 5.41 Å². The van der Waals surface area contributed by atoms with E-state index in [9.17, 15) is 5.26 Å². The van der Waals surface area contributed by atoms with Crippen molar-refractivity contribution in [1.29, 1.82) is 5.26 Å². The molecule has 0 fully saturated rings. The number of aryl methyl sites for hydroxylation is 1. The third kappa shape index (κ3) is 6.14. The van der Waals surface area contributed by atoms with Gasteiger partial charge in [0.15, 0.2) is 11.3 Å². The van der Waals surface area contributed by atoms with E-state index in [1.54, 1.807) is 0 Å². The summed E-state index contributed by atoms with van der Waals surface area (Å²) in [5.74, 6) is 0. The predicted molar refractivity (Wildman–Crippen MR) is 305 cm³/mol. The zero-order valence-electron chi connectivity index (χ0n) is 41.2. The molecule has 2 aliphatic carbocycles. The molecular weight excluding hydrogens is 921 g/mol. The van der Waals surface area contributed by atoms with Gasteiger partial charge in [-0.05, 0) is 125 Å². The first kappa shape index (κ1) is 43.4. The molecule has 1 spiro atoms. The first-order chi connectivity index (χ1) is 36.1. The molecule has 0 bridgehead atoms. The van der Waals surface area contributed by atoms with Crippen molar-refractivity contribution in [3.05, 3.63) is 251 Å². The maximum atomic E-state index is 10.0. The maximum Gasteiger partial charge on any atom is 0.187 e. The van der Waals surface area contributed by atoms with Crippen molar-refractivity contribution in [3.8, 4) is 28.3 Å². The molecule has 6 nitrogen and oxygen atoms in total. The molecule has 0 saturated carbocycles. The van der Waals surface area contributed by atoms with Crippen molar-refractivity contribution in [1.82, 2.24) is 0 Å². The number of anilines is 6. The Bertz CT molecular complexity index is 4330. The van der Waals surface area contributed by atoms with Gasteiger partial charge in [-0.3, -0.25) is 0 Å². The number of para-hydroxylation sites is 2. The highest BCUT2D eigenvalue weighted by Gasteiger charge is 2.54. The van der Waals surface area contributed by atoms with E-state index in [0.717, 1.165) is 106 Å². The van der Waals surface area contributed by atoms with Gasteiger partial charge in [0.1, 0.15) is 16.7 Å². The summed E-state index contributed by atoms with van der Waals surface area (Å²) < 4.78 is 14.7. The summed E-state index contributed by atoms with van der Waals surface area (Å²) >= 11 is 0. The van der Waals surface area contributed by atoms with Crippen molar-refractivity contribution in [3.63, 3.8) is 0 Å². The Morgan fingerprint density at radius 1 is 0.500 bits per heavy atom. The molecule has 2 aliphatic rings. The SMILES string of the molecule is [C-]#[N+]c1ccc(N(c2ccc(C)cc2)c2cc3c(c4oc5ccccc5c24)-c2c(cc(N(c4ccc(C#N)cc4)c4ccc([Si](C)(C)C)cc4)c4oc5ccccc5c24)C32c3ccccc3-c3ccccc32)cc1. The maximum absolute atomic E-state index is 10.0. The van der Waals surface area contributed by atoms with Crippen molar-refractivity contribution >= 4 is 96.9 Å². The minimum atomic E-state index is -1.66. The smallest absolute Gasteiger partial charge is 0.187 e. The molecule has 0 atom stereocenters. The summed E-state index contributed by atoms with van der Waals surface area (Å²) in [5, 5.41) is 15.4. The predicted octanol–water partition coefficient (Wildman–Crippen LogP) is 18.0. The van der Waals surface area contributed by atoms with Crippen molar-refractivity contribution < 1.29 is 8.83 Å². The number of nitriles is 1. The van der Waals surface area contributed by atoms with E-state index in [2.05, 4.69) is 205 Å². The van der Waals surface area contributed by atoms with Gasteiger partial charge < -0.3 is 18.6 Å². The third-order valence-electron chi connectivity index (χ3n) is 15.5. The van der Waals surface area contributed by atoms with Gasteiger partial charge in [0, 0.05) is 50.0 Å². The molecule has 0 aliphatic heterocycles. The Morgan fingerprint density at radius 3 is 1.55 bits per heavy atom. The highest BCUT2D eigenvalue weighted by molar-refractivity contribution is 6.88. The largest absolute Gasteiger partial charge is 0.455 e. The van der Waals surface area contributed by atoms with Crippen LogP contribution in [-0.4, -0.2) is 8.07 Å². The molecule has 0 amide bonds. The molecular formula is C67H46N4O2Si. The van der Waals surface area contributed by atoms with Crippen LogP contribution in [0.5, 0.6) is 0 Å². The summed E-state index contributed by atoms with van der Waals surface area (Å²) in [4.78, 5) is 8.44. The molecule has 14 rings (SSSR count). The quantitative estimate of drug-likeness (QED) is 0.118. The van der Waals surface area contributed by atoms with E-state index in [-0.39, 0.29) is 0 Å². The van der Waals surface area contributed by atoms with Crippen LogP contribution in [0.2, 0.25) is 19.6 Å². The Labute approximate surface area is 430 Å². The number of rotatable bonds is 7. The monoisotopic (exact) mass is 966 g/mol. The first-order valence-electron chi connectivity index (χ1n) is 25.1. The standard InChI is InChI=1S/C67H46N4O2Si/c1-41-22-28-44(29-23-41)70(46-32-26-43(69-2)27-33-46)57-38-56-64(66-61(57)51-16-8-12-20-59(51)73-66)63-55(67(56)53-18-10-6-14-49(53)50-15-7-11-19-54(50)67)39-58(65-62(63)52-17-9-13-21-60(52)72-65)71(45-30-24-42(40-68)25-31-45)47-34-36-48(37-35-47)74(3,4)5/h6-39H,1,3-5H3. The Morgan fingerprint density at radius 2 is 0.973 bits per heavy atom. The molecule has 74 heavy (non-hydrogen) atoms. The molecule has 2 aromatic heterocycles. The molecule has 0 radical (unpaired) electrons. The number of fused-ring (bicyclic) bond motifs is 18. The number of hydrogen-bond acceptors (Lipinski definition) is 5. The average Bonchev–Trinajstić information content (AvgIpc) is 4.33. The van der Waals surface area contributed by atoms with E-state index in [0.29, 0.717) is 11.3 Å². The van der Waals surface area contributed by atoms with Crippen molar-refractivity contribution in [2.24, 2.45) is 0 Å². The highest BCUT2D eigenvalue weighted by atomic mass is 28.3. The van der Waals surface area contributed by atoms with Gasteiger partial charge in [-0.1, -0.05) is 152 Å². The lowest BCUT2D eigenvalue weighted by Gasteiger charge is -2.33. The third-order valence-corrected chi connectivity index (χ3v) is 17.6. The fourth-order valence-corrected chi connectivity index (χ4v) is 13.4. The Hall–Kier alpha value is -9.40. The van der Waals surface area contributed by atoms with Gasteiger partial charge in [0.25, 0.3) is 0 Å². The van der Waals surface area contributed by atoms with Crippen LogP contribution >= 0.6 is 0 Å². The lowest BCUT2D eigenvalue weighted by molar-refractivity contribution is 0.668. The van der Waals surface area contributed by atoms with Gasteiger partial charge in [0.05, 0.1) is 48.5 Å². The van der Waals surface area contributed by atoms with Crippen molar-refractivity contribution in [2.45, 2.75) is 32.0 Å². The summed E-state index contributed by atoms with van der Waals surface area (Å²) in [6, 6.07) is 75.4. The summed E-state index contributed by atoms with van der Waals surface area (Å²) in [6.45, 7) is 17.1. The first-order valence-corrected chi connectivity index (χ1v) is 28.6. The molecule has 0 saturated heterocycles. The van der Waals surface area contributed by atoms with Gasteiger partial charge in [-0.25, -0.2) is 4.85 Å². The molecule has 2 heterocycles. The topological polar surface area (TPSA) is 60.9 Å². The van der Waals surface area contributed by atoms with E-state index in [1.165, 1.54) is 27.4 Å². The van der Waals surface area contributed by atoms with Crippen LogP contribution in [0.15, 0.2) is 215 Å². The van der Waals surface area contributed by atoms with Crippen molar-refractivity contribution in [2.75, 3.05) is 9.80 Å².